The Balaban J connectivity index is 2.46. The fourth-order valence-electron chi connectivity index (χ4n) is 1.23. The number of ether oxygens (including phenoxy) is 1. The summed E-state index contributed by atoms with van der Waals surface area (Å²) in [5.41, 5.74) is -0.163. The highest BCUT2D eigenvalue weighted by molar-refractivity contribution is 9.10. The fraction of sp³-hybridized carbons (Fsp3) is 0.545. The highest BCUT2D eigenvalue weighted by atomic mass is 79.9. The molecule has 0 fully saturated rings. The number of nitrogens with one attached hydrogen (secondary N) is 1. The summed E-state index contributed by atoms with van der Waals surface area (Å²) in [5.74, 6) is 0.867. The van der Waals surface area contributed by atoms with Crippen LogP contribution in [-0.2, 0) is 4.74 Å². The van der Waals surface area contributed by atoms with Crippen LogP contribution in [0, 0.1) is 0 Å². The van der Waals surface area contributed by atoms with Gasteiger partial charge in [-0.05, 0) is 48.8 Å². The summed E-state index contributed by atoms with van der Waals surface area (Å²) in [6.07, 6.45) is 1.77. The smallest absolute Gasteiger partial charge is 0.126 e. The van der Waals surface area contributed by atoms with Crippen LogP contribution in [0.3, 0.4) is 0 Å². The number of nitrogens with zero attached hydrogens (tertiary/aromatic N) is 1. The third-order valence-corrected chi connectivity index (χ3v) is 2.43. The molecule has 0 saturated heterocycles. The number of pyridine rings is 1. The molecule has 0 bridgehead atoms. The maximum atomic E-state index is 5.58. The number of hydrogen-bond donors (Lipinski definition) is 1. The van der Waals surface area contributed by atoms with E-state index in [-0.39, 0.29) is 5.60 Å². The van der Waals surface area contributed by atoms with E-state index in [1.54, 1.807) is 6.20 Å². The molecule has 0 atom stereocenters. The lowest BCUT2D eigenvalue weighted by Crippen LogP contribution is -2.33. The Morgan fingerprint density at radius 1 is 1.47 bits per heavy atom. The first-order chi connectivity index (χ1) is 7.03. The molecule has 1 aromatic rings. The summed E-state index contributed by atoms with van der Waals surface area (Å²) in [6.45, 7) is 7.59. The standard InChI is InChI=1S/C11H17BrN2O/c1-4-15-11(2,3)8-14-10-6-5-9(12)7-13-10/h5-7H,4,8H2,1-3H3,(H,13,14). The van der Waals surface area contributed by atoms with Crippen molar-refractivity contribution in [3.05, 3.63) is 22.8 Å². The Morgan fingerprint density at radius 2 is 2.20 bits per heavy atom. The van der Waals surface area contributed by atoms with E-state index in [0.29, 0.717) is 0 Å². The molecule has 0 radical (unpaired) electrons. The molecule has 0 aromatic carbocycles. The van der Waals surface area contributed by atoms with Crippen molar-refractivity contribution >= 4 is 21.7 Å². The lowest BCUT2D eigenvalue weighted by Gasteiger charge is -2.25. The van der Waals surface area contributed by atoms with Gasteiger partial charge in [-0.15, -0.1) is 0 Å². The van der Waals surface area contributed by atoms with Crippen molar-refractivity contribution in [1.29, 1.82) is 0 Å². The SMILES string of the molecule is CCOC(C)(C)CNc1ccc(Br)cn1. The van der Waals surface area contributed by atoms with Crippen LogP contribution in [0.5, 0.6) is 0 Å². The summed E-state index contributed by atoms with van der Waals surface area (Å²) in [6, 6.07) is 3.90. The minimum absolute atomic E-state index is 0.163. The van der Waals surface area contributed by atoms with E-state index in [1.807, 2.05) is 19.1 Å². The summed E-state index contributed by atoms with van der Waals surface area (Å²) in [5, 5.41) is 3.24. The van der Waals surface area contributed by atoms with Gasteiger partial charge in [-0.25, -0.2) is 4.98 Å². The first kappa shape index (κ1) is 12.5. The summed E-state index contributed by atoms with van der Waals surface area (Å²) in [4.78, 5) is 4.23. The Labute approximate surface area is 99.4 Å². The summed E-state index contributed by atoms with van der Waals surface area (Å²) < 4.78 is 6.56. The van der Waals surface area contributed by atoms with E-state index in [1.165, 1.54) is 0 Å². The van der Waals surface area contributed by atoms with Crippen LogP contribution >= 0.6 is 15.9 Å². The normalized spacial score (nSPS) is 11.5. The van der Waals surface area contributed by atoms with E-state index < -0.39 is 0 Å². The Bertz CT molecular complexity index is 298. The first-order valence-electron chi connectivity index (χ1n) is 5.03. The Kier molecular flexibility index (Phi) is 4.54. The second kappa shape index (κ2) is 5.47. The minimum atomic E-state index is -0.163. The summed E-state index contributed by atoms with van der Waals surface area (Å²) in [7, 11) is 0. The third-order valence-electron chi connectivity index (χ3n) is 1.96. The van der Waals surface area contributed by atoms with Crippen LogP contribution in [0.15, 0.2) is 22.8 Å². The van der Waals surface area contributed by atoms with Gasteiger partial charge in [-0.1, -0.05) is 0 Å². The average molecular weight is 273 g/mol. The maximum absolute atomic E-state index is 5.58. The van der Waals surface area contributed by atoms with Crippen LogP contribution in [0.2, 0.25) is 0 Å². The van der Waals surface area contributed by atoms with Gasteiger partial charge in [0.1, 0.15) is 5.82 Å². The molecule has 0 amide bonds. The number of rotatable bonds is 5. The first-order valence-corrected chi connectivity index (χ1v) is 5.82. The predicted molar refractivity (Wildman–Crippen MR) is 66.1 cm³/mol. The Morgan fingerprint density at radius 3 is 2.73 bits per heavy atom. The third kappa shape index (κ3) is 4.62. The second-order valence-electron chi connectivity index (χ2n) is 3.91. The summed E-state index contributed by atoms with van der Waals surface area (Å²) >= 11 is 3.35. The molecular weight excluding hydrogens is 256 g/mol. The van der Waals surface area contributed by atoms with Crippen molar-refractivity contribution < 1.29 is 4.74 Å². The van der Waals surface area contributed by atoms with Gasteiger partial charge in [0.05, 0.1) is 5.60 Å². The van der Waals surface area contributed by atoms with Crippen LogP contribution in [0.25, 0.3) is 0 Å². The molecule has 0 aliphatic rings. The van der Waals surface area contributed by atoms with Gasteiger partial charge in [-0.2, -0.15) is 0 Å². The van der Waals surface area contributed by atoms with Crippen LogP contribution in [0.1, 0.15) is 20.8 Å². The molecule has 15 heavy (non-hydrogen) atoms. The van der Waals surface area contributed by atoms with E-state index >= 15 is 0 Å². The molecule has 1 rings (SSSR count). The lowest BCUT2D eigenvalue weighted by molar-refractivity contribution is 0.000643. The van der Waals surface area contributed by atoms with Gasteiger partial charge >= 0.3 is 0 Å². The fourth-order valence-corrected chi connectivity index (χ4v) is 1.46. The van der Waals surface area contributed by atoms with Gasteiger partial charge < -0.3 is 10.1 Å². The van der Waals surface area contributed by atoms with Crippen molar-refractivity contribution in [1.82, 2.24) is 4.98 Å². The molecule has 3 nitrogen and oxygen atoms in total. The van der Waals surface area contributed by atoms with E-state index in [9.17, 15) is 0 Å². The van der Waals surface area contributed by atoms with E-state index in [4.69, 9.17) is 4.74 Å². The topological polar surface area (TPSA) is 34.1 Å². The van der Waals surface area contributed by atoms with E-state index in [0.717, 1.165) is 23.4 Å². The molecule has 0 spiro atoms. The lowest BCUT2D eigenvalue weighted by atomic mass is 10.1. The van der Waals surface area contributed by atoms with Crippen LogP contribution in [-0.4, -0.2) is 23.7 Å². The Hall–Kier alpha value is -0.610. The molecule has 0 saturated carbocycles. The zero-order valence-corrected chi connectivity index (χ0v) is 11.0. The minimum Gasteiger partial charge on any atom is -0.374 e. The number of anilines is 1. The van der Waals surface area contributed by atoms with Gasteiger partial charge in [-0.3, -0.25) is 0 Å². The van der Waals surface area contributed by atoms with Crippen molar-refractivity contribution in [2.24, 2.45) is 0 Å². The van der Waals surface area contributed by atoms with Crippen LogP contribution in [0.4, 0.5) is 5.82 Å². The highest BCUT2D eigenvalue weighted by Crippen LogP contribution is 2.13. The maximum Gasteiger partial charge on any atom is 0.126 e. The molecular formula is C11H17BrN2O. The molecule has 0 aliphatic heterocycles. The van der Waals surface area contributed by atoms with Crippen molar-refractivity contribution in [2.75, 3.05) is 18.5 Å². The number of halogens is 1. The largest absolute Gasteiger partial charge is 0.374 e. The zero-order valence-electron chi connectivity index (χ0n) is 9.38. The highest BCUT2D eigenvalue weighted by Gasteiger charge is 2.16. The van der Waals surface area contributed by atoms with Gasteiger partial charge in [0.2, 0.25) is 0 Å². The molecule has 84 valence electrons. The zero-order chi connectivity index (χ0) is 11.3. The predicted octanol–water partition coefficient (Wildman–Crippen LogP) is 3.07. The average Bonchev–Trinajstić information content (AvgIpc) is 2.17. The quantitative estimate of drug-likeness (QED) is 0.895. The van der Waals surface area contributed by atoms with E-state index in [2.05, 4.69) is 40.1 Å². The molecule has 4 heteroatoms. The van der Waals surface area contributed by atoms with Crippen molar-refractivity contribution in [3.8, 4) is 0 Å². The second-order valence-corrected chi connectivity index (χ2v) is 4.82. The van der Waals surface area contributed by atoms with Gasteiger partial charge in [0.25, 0.3) is 0 Å². The van der Waals surface area contributed by atoms with Crippen molar-refractivity contribution in [2.45, 2.75) is 26.4 Å². The molecule has 0 unspecified atom stereocenters. The van der Waals surface area contributed by atoms with Gasteiger partial charge in [0, 0.05) is 23.8 Å². The van der Waals surface area contributed by atoms with Crippen LogP contribution < -0.4 is 5.32 Å². The molecule has 1 aromatic heterocycles. The monoisotopic (exact) mass is 272 g/mol. The number of hydrogen-bond acceptors (Lipinski definition) is 3. The number of aromatic nitrogens is 1. The molecule has 1 N–H and O–H groups in total. The molecule has 1 heterocycles. The van der Waals surface area contributed by atoms with Crippen molar-refractivity contribution in [3.63, 3.8) is 0 Å². The molecule has 0 aliphatic carbocycles. The van der Waals surface area contributed by atoms with Gasteiger partial charge in [0.15, 0.2) is 0 Å².